The van der Waals surface area contributed by atoms with Gasteiger partial charge in [0, 0.05) is 28.5 Å². The van der Waals surface area contributed by atoms with Crippen molar-refractivity contribution in [3.63, 3.8) is 0 Å². The van der Waals surface area contributed by atoms with E-state index in [-0.39, 0.29) is 12.5 Å². The molecule has 0 fully saturated rings. The summed E-state index contributed by atoms with van der Waals surface area (Å²) < 4.78 is 0. The average molecular weight is 466 g/mol. The third-order valence-corrected chi connectivity index (χ3v) is 5.79. The number of aliphatic hydroxyl groups is 1. The van der Waals surface area contributed by atoms with Gasteiger partial charge in [0.1, 0.15) is 10.8 Å². The number of halogens is 2. The number of nitrogens with one attached hydrogen (secondary N) is 2. The summed E-state index contributed by atoms with van der Waals surface area (Å²) in [6, 6.07) is 18.1. The highest BCUT2D eigenvalue weighted by Crippen LogP contribution is 2.36. The lowest BCUT2D eigenvalue weighted by molar-refractivity contribution is 0.0911. The second kappa shape index (κ2) is 9.57. The van der Waals surface area contributed by atoms with Gasteiger partial charge in [-0.25, -0.2) is 4.98 Å². The van der Waals surface area contributed by atoms with Crippen molar-refractivity contribution >= 4 is 29.1 Å². The molecule has 0 radical (unpaired) electrons. The minimum atomic E-state index is -0.581. The largest absolute Gasteiger partial charge is 0.394 e. The van der Waals surface area contributed by atoms with E-state index in [2.05, 4.69) is 15.3 Å². The van der Waals surface area contributed by atoms with Gasteiger partial charge in [0.25, 0.3) is 5.91 Å². The van der Waals surface area contributed by atoms with Crippen molar-refractivity contribution in [3.05, 3.63) is 100 Å². The molecule has 0 unspecified atom stereocenters. The van der Waals surface area contributed by atoms with Gasteiger partial charge in [-0.3, -0.25) is 4.79 Å². The zero-order chi connectivity index (χ0) is 22.7. The van der Waals surface area contributed by atoms with E-state index in [0.29, 0.717) is 15.9 Å². The number of amides is 1. The van der Waals surface area contributed by atoms with Crippen LogP contribution in [0.5, 0.6) is 0 Å². The number of carbonyl (C=O) groups excluding carboxylic acids is 1. The number of aromatic nitrogens is 2. The summed E-state index contributed by atoms with van der Waals surface area (Å²) >= 11 is 12.3. The Morgan fingerprint density at radius 1 is 1.06 bits per heavy atom. The molecule has 32 heavy (non-hydrogen) atoms. The molecule has 7 heteroatoms. The Balaban J connectivity index is 1.67. The van der Waals surface area contributed by atoms with Crippen LogP contribution in [-0.4, -0.2) is 27.6 Å². The summed E-state index contributed by atoms with van der Waals surface area (Å²) in [6.45, 7) is 1.62. The van der Waals surface area contributed by atoms with Crippen molar-refractivity contribution in [1.82, 2.24) is 15.3 Å². The first-order valence-corrected chi connectivity index (χ1v) is 10.8. The van der Waals surface area contributed by atoms with Crippen LogP contribution in [0.4, 0.5) is 0 Å². The van der Waals surface area contributed by atoms with Crippen LogP contribution < -0.4 is 5.32 Å². The second-order valence-electron chi connectivity index (χ2n) is 7.38. The van der Waals surface area contributed by atoms with Crippen LogP contribution in [0.15, 0.2) is 73.1 Å². The maximum absolute atomic E-state index is 13.0. The molecular weight excluding hydrogens is 445 g/mol. The molecule has 0 aliphatic heterocycles. The van der Waals surface area contributed by atoms with Gasteiger partial charge in [0.15, 0.2) is 0 Å². The fourth-order valence-corrected chi connectivity index (χ4v) is 4.06. The lowest BCUT2D eigenvalue weighted by Crippen LogP contribution is -2.31. The van der Waals surface area contributed by atoms with Crippen LogP contribution in [0.2, 0.25) is 10.2 Å². The summed E-state index contributed by atoms with van der Waals surface area (Å²) in [5.41, 5.74) is 5.54. The summed E-state index contributed by atoms with van der Waals surface area (Å²) in [4.78, 5) is 20.4. The van der Waals surface area contributed by atoms with E-state index in [1.54, 1.807) is 36.7 Å². The lowest BCUT2D eigenvalue weighted by atomic mass is 9.95. The number of aliphatic hydroxyl groups excluding tert-OH is 1. The highest BCUT2D eigenvalue weighted by molar-refractivity contribution is 6.30. The highest BCUT2D eigenvalue weighted by atomic mass is 35.5. The fourth-order valence-electron chi connectivity index (χ4n) is 3.70. The zero-order valence-corrected chi connectivity index (χ0v) is 18.8. The van der Waals surface area contributed by atoms with Crippen LogP contribution in [0.1, 0.15) is 27.7 Å². The number of aromatic amines is 1. The lowest BCUT2D eigenvalue weighted by Gasteiger charge is -2.17. The first-order valence-electron chi connectivity index (χ1n) is 10.0. The molecule has 5 nitrogen and oxygen atoms in total. The van der Waals surface area contributed by atoms with Crippen molar-refractivity contribution in [2.45, 2.75) is 13.0 Å². The summed E-state index contributed by atoms with van der Waals surface area (Å²) in [5.74, 6) is -0.325. The average Bonchev–Trinajstić information content (AvgIpc) is 3.19. The minimum Gasteiger partial charge on any atom is -0.394 e. The van der Waals surface area contributed by atoms with Crippen LogP contribution in [-0.2, 0) is 0 Å². The normalized spacial score (nSPS) is 11.9. The van der Waals surface area contributed by atoms with Crippen LogP contribution >= 0.6 is 23.2 Å². The number of nitrogens with zero attached hydrogens (tertiary/aromatic N) is 1. The SMILES string of the molecule is Cc1c(-c2cc(Cl)ncc2-c2ccccc2)c[nH]c1C(=O)N[C@H](CO)c1cccc(Cl)c1. The van der Waals surface area contributed by atoms with E-state index in [4.69, 9.17) is 23.2 Å². The van der Waals surface area contributed by atoms with Gasteiger partial charge in [-0.15, -0.1) is 0 Å². The molecule has 4 rings (SSSR count). The van der Waals surface area contributed by atoms with Gasteiger partial charge in [-0.2, -0.15) is 0 Å². The van der Waals surface area contributed by atoms with E-state index >= 15 is 0 Å². The van der Waals surface area contributed by atoms with Crippen LogP contribution in [0.3, 0.4) is 0 Å². The predicted octanol–water partition coefficient (Wildman–Crippen LogP) is 5.82. The number of benzene rings is 2. The van der Waals surface area contributed by atoms with Crippen molar-refractivity contribution in [2.24, 2.45) is 0 Å². The third kappa shape index (κ3) is 4.55. The van der Waals surface area contributed by atoms with Crippen molar-refractivity contribution in [2.75, 3.05) is 6.61 Å². The number of hydrogen-bond acceptors (Lipinski definition) is 3. The molecule has 0 aliphatic rings. The summed E-state index contributed by atoms with van der Waals surface area (Å²) in [7, 11) is 0. The monoisotopic (exact) mass is 465 g/mol. The van der Waals surface area contributed by atoms with E-state index < -0.39 is 6.04 Å². The molecule has 1 amide bonds. The molecule has 4 aromatic rings. The maximum atomic E-state index is 13.0. The number of hydrogen-bond donors (Lipinski definition) is 3. The number of pyridine rings is 1. The molecule has 2 aromatic carbocycles. The Labute approximate surface area is 196 Å². The maximum Gasteiger partial charge on any atom is 0.268 e. The van der Waals surface area contributed by atoms with E-state index in [1.165, 1.54) is 0 Å². The Bertz CT molecular complexity index is 1260. The molecule has 3 N–H and O–H groups in total. The van der Waals surface area contributed by atoms with Crippen LogP contribution in [0.25, 0.3) is 22.3 Å². The van der Waals surface area contributed by atoms with Crippen molar-refractivity contribution < 1.29 is 9.90 Å². The van der Waals surface area contributed by atoms with Crippen LogP contribution in [0, 0.1) is 6.92 Å². The van der Waals surface area contributed by atoms with Gasteiger partial charge in [-0.05, 0) is 47.4 Å². The minimum absolute atomic E-state index is 0.253. The molecule has 0 saturated carbocycles. The summed E-state index contributed by atoms with van der Waals surface area (Å²) in [6.07, 6.45) is 3.52. The molecule has 162 valence electrons. The highest BCUT2D eigenvalue weighted by Gasteiger charge is 2.21. The number of carbonyl (C=O) groups is 1. The molecule has 0 bridgehead atoms. The first kappa shape index (κ1) is 22.1. The molecule has 0 saturated heterocycles. The van der Waals surface area contributed by atoms with E-state index in [9.17, 15) is 9.90 Å². The van der Waals surface area contributed by atoms with Gasteiger partial charge in [-0.1, -0.05) is 65.7 Å². The molecule has 0 aliphatic carbocycles. The quantitative estimate of drug-likeness (QED) is 0.313. The van der Waals surface area contributed by atoms with Crippen molar-refractivity contribution in [3.8, 4) is 22.3 Å². The topological polar surface area (TPSA) is 78.0 Å². The number of rotatable bonds is 6. The van der Waals surface area contributed by atoms with Gasteiger partial charge >= 0.3 is 0 Å². The predicted molar refractivity (Wildman–Crippen MR) is 128 cm³/mol. The summed E-state index contributed by atoms with van der Waals surface area (Å²) in [5, 5.41) is 13.6. The Hall–Kier alpha value is -3.12. The van der Waals surface area contributed by atoms with E-state index in [0.717, 1.165) is 33.4 Å². The standard InChI is InChI=1S/C25H21Cl2N3O2/c1-15-20(19-11-23(27)28-13-21(19)16-6-3-2-4-7-16)12-29-24(15)25(32)30-22(14-31)17-8-5-9-18(26)10-17/h2-13,22,29,31H,14H2,1H3,(H,30,32)/t22-/m1/s1. The Morgan fingerprint density at radius 3 is 2.56 bits per heavy atom. The van der Waals surface area contributed by atoms with Crippen molar-refractivity contribution in [1.29, 1.82) is 0 Å². The van der Waals surface area contributed by atoms with E-state index in [1.807, 2.05) is 43.3 Å². The molecule has 1 atom stereocenters. The Kier molecular flexibility index (Phi) is 6.61. The Morgan fingerprint density at radius 2 is 1.84 bits per heavy atom. The van der Waals surface area contributed by atoms with Gasteiger partial charge < -0.3 is 15.4 Å². The smallest absolute Gasteiger partial charge is 0.268 e. The first-order chi connectivity index (χ1) is 15.5. The fraction of sp³-hybridized carbons (Fsp3) is 0.120. The molecule has 2 heterocycles. The van der Waals surface area contributed by atoms with Gasteiger partial charge in [0.05, 0.1) is 12.6 Å². The molecule has 0 spiro atoms. The molecular formula is C25H21Cl2N3O2. The zero-order valence-electron chi connectivity index (χ0n) is 17.3. The second-order valence-corrected chi connectivity index (χ2v) is 8.21. The van der Waals surface area contributed by atoms with Gasteiger partial charge in [0.2, 0.25) is 0 Å². The number of H-pyrrole nitrogens is 1. The third-order valence-electron chi connectivity index (χ3n) is 5.35. The molecule has 2 aromatic heterocycles.